The van der Waals surface area contributed by atoms with Crippen molar-refractivity contribution >= 4 is 18.4 Å². The molecule has 0 bridgehead atoms. The summed E-state index contributed by atoms with van der Waals surface area (Å²) in [5.41, 5.74) is 0. The largest absolute Gasteiger partial charge is 0.437 e. The molecule has 1 aliphatic heterocycles. The van der Waals surface area contributed by atoms with E-state index in [0.717, 1.165) is 26.2 Å². The first-order valence-corrected chi connectivity index (χ1v) is 6.73. The van der Waals surface area contributed by atoms with Crippen LogP contribution >= 0.6 is 11.3 Å². The van der Waals surface area contributed by atoms with Crippen LogP contribution in [0.25, 0.3) is 0 Å². The summed E-state index contributed by atoms with van der Waals surface area (Å²) in [7, 11) is -0.314. The highest BCUT2D eigenvalue weighted by Crippen LogP contribution is 2.17. The van der Waals surface area contributed by atoms with Crippen molar-refractivity contribution in [2.24, 2.45) is 0 Å². The van der Waals surface area contributed by atoms with Gasteiger partial charge in [-0.25, -0.2) is 0 Å². The summed E-state index contributed by atoms with van der Waals surface area (Å²) in [6.07, 6.45) is 0. The summed E-state index contributed by atoms with van der Waals surface area (Å²) >= 11 is 1.82. The van der Waals surface area contributed by atoms with Gasteiger partial charge in [0.25, 0.3) is 0 Å². The number of hydrogen-bond acceptors (Lipinski definition) is 4. The third kappa shape index (κ3) is 2.85. The fourth-order valence-corrected chi connectivity index (χ4v) is 2.93. The summed E-state index contributed by atoms with van der Waals surface area (Å²) in [5, 5.41) is 11.7. The van der Waals surface area contributed by atoms with Gasteiger partial charge in [0.2, 0.25) is 0 Å². The fourth-order valence-electron chi connectivity index (χ4n) is 2.20. The molecule has 3 nitrogen and oxygen atoms in total. The van der Waals surface area contributed by atoms with Crippen LogP contribution in [-0.2, 0) is 6.54 Å². The molecule has 1 aromatic heterocycles. The quantitative estimate of drug-likeness (QED) is 0.805. The minimum absolute atomic E-state index is 0.314. The maximum atomic E-state index is 9.55. The molecule has 16 heavy (non-hydrogen) atoms. The van der Waals surface area contributed by atoms with Gasteiger partial charge in [-0.15, -0.1) is 11.3 Å². The van der Waals surface area contributed by atoms with Gasteiger partial charge in [-0.3, -0.25) is 4.90 Å². The molecule has 1 aromatic rings. The van der Waals surface area contributed by atoms with Gasteiger partial charge in [0.05, 0.1) is 0 Å². The summed E-state index contributed by atoms with van der Waals surface area (Å²) in [4.78, 5) is 6.05. The highest BCUT2D eigenvalue weighted by atomic mass is 32.1. The average molecular weight is 238 g/mol. The van der Waals surface area contributed by atoms with E-state index in [1.165, 1.54) is 4.88 Å². The second-order valence-electron chi connectivity index (χ2n) is 4.53. The molecule has 5 heteroatoms. The Morgan fingerprint density at radius 1 is 1.56 bits per heavy atom. The first-order valence-electron chi connectivity index (χ1n) is 5.85. The molecule has 0 aromatic carbocycles. The Labute approximate surface area is 102 Å². The highest BCUT2D eigenvalue weighted by Gasteiger charge is 2.27. The van der Waals surface area contributed by atoms with Crippen molar-refractivity contribution in [2.45, 2.75) is 26.3 Å². The Morgan fingerprint density at radius 2 is 2.38 bits per heavy atom. The number of hydrogen-bond donors (Lipinski definition) is 1. The summed E-state index contributed by atoms with van der Waals surface area (Å²) < 4.78 is 0. The van der Waals surface area contributed by atoms with Gasteiger partial charge in [0.1, 0.15) is 0 Å². The second kappa shape index (κ2) is 5.32. The van der Waals surface area contributed by atoms with Crippen LogP contribution in [0.5, 0.6) is 0 Å². The predicted molar refractivity (Wildman–Crippen MR) is 69.6 cm³/mol. The van der Waals surface area contributed by atoms with E-state index >= 15 is 0 Å². The maximum Gasteiger partial charge on any atom is 0.376 e. The van der Waals surface area contributed by atoms with Crippen LogP contribution in [0.15, 0.2) is 17.5 Å². The molecule has 2 heterocycles. The third-order valence-electron chi connectivity index (χ3n) is 3.26. The van der Waals surface area contributed by atoms with Crippen molar-refractivity contribution in [3.05, 3.63) is 22.4 Å². The number of thiophene rings is 1. The lowest BCUT2D eigenvalue weighted by Crippen LogP contribution is -2.55. The number of piperazine rings is 1. The molecular formula is C11H19BN2OS. The molecule has 0 saturated carbocycles. The standard InChI is InChI=1S/C11H19BN2OS/c1-10-8-14(12(2)15)6-5-13(10)9-11-4-3-7-16-11/h3-4,7,10,15H,5-6,8-9H2,1-2H3/t10-/m1/s1. The fraction of sp³-hybridized carbons (Fsp3) is 0.636. The normalized spacial score (nSPS) is 23.6. The number of nitrogens with zero attached hydrogens (tertiary/aromatic N) is 2. The molecule has 1 aliphatic rings. The molecule has 1 fully saturated rings. The molecule has 1 atom stereocenters. The molecule has 0 unspecified atom stereocenters. The minimum atomic E-state index is -0.314. The van der Waals surface area contributed by atoms with Crippen LogP contribution in [0, 0.1) is 0 Å². The van der Waals surface area contributed by atoms with Crippen LogP contribution < -0.4 is 0 Å². The lowest BCUT2D eigenvalue weighted by Gasteiger charge is -2.40. The van der Waals surface area contributed by atoms with Crippen molar-refractivity contribution in [3.8, 4) is 0 Å². The van der Waals surface area contributed by atoms with Gasteiger partial charge >= 0.3 is 7.05 Å². The summed E-state index contributed by atoms with van der Waals surface area (Å²) in [6, 6.07) is 4.82. The molecular weight excluding hydrogens is 219 g/mol. The average Bonchev–Trinajstić information content (AvgIpc) is 2.73. The van der Waals surface area contributed by atoms with Gasteiger partial charge < -0.3 is 9.83 Å². The van der Waals surface area contributed by atoms with Crippen LogP contribution in [-0.4, -0.2) is 47.5 Å². The van der Waals surface area contributed by atoms with Crippen molar-refractivity contribution in [1.82, 2.24) is 9.71 Å². The van der Waals surface area contributed by atoms with Crippen molar-refractivity contribution in [1.29, 1.82) is 0 Å². The molecule has 0 aliphatic carbocycles. The van der Waals surface area contributed by atoms with E-state index < -0.39 is 0 Å². The molecule has 1 N–H and O–H groups in total. The van der Waals surface area contributed by atoms with Gasteiger partial charge in [0.15, 0.2) is 0 Å². The van der Waals surface area contributed by atoms with Crippen LogP contribution in [0.4, 0.5) is 0 Å². The van der Waals surface area contributed by atoms with Gasteiger partial charge in [0, 0.05) is 37.1 Å². The zero-order chi connectivity index (χ0) is 11.5. The van der Waals surface area contributed by atoms with Crippen LogP contribution in [0.3, 0.4) is 0 Å². The predicted octanol–water partition coefficient (Wildman–Crippen LogP) is 1.36. The van der Waals surface area contributed by atoms with Gasteiger partial charge in [-0.1, -0.05) is 6.07 Å². The Bertz CT molecular complexity index is 318. The maximum absolute atomic E-state index is 9.55. The Balaban J connectivity index is 1.89. The minimum Gasteiger partial charge on any atom is -0.437 e. The van der Waals surface area contributed by atoms with Crippen molar-refractivity contribution in [3.63, 3.8) is 0 Å². The monoisotopic (exact) mass is 238 g/mol. The SMILES string of the molecule is CB(O)N1CCN(Cc2cccs2)[C@H](C)C1. The van der Waals surface area contributed by atoms with E-state index in [9.17, 15) is 5.02 Å². The Morgan fingerprint density at radius 3 is 2.94 bits per heavy atom. The van der Waals surface area contributed by atoms with Crippen LogP contribution in [0.2, 0.25) is 6.82 Å². The lowest BCUT2D eigenvalue weighted by molar-refractivity contribution is 0.113. The first-order chi connectivity index (χ1) is 7.66. The highest BCUT2D eigenvalue weighted by molar-refractivity contribution is 7.09. The van der Waals surface area contributed by atoms with E-state index in [0.29, 0.717) is 6.04 Å². The van der Waals surface area contributed by atoms with E-state index in [4.69, 9.17) is 0 Å². The van der Waals surface area contributed by atoms with E-state index in [1.807, 2.05) is 18.2 Å². The van der Waals surface area contributed by atoms with Crippen molar-refractivity contribution < 1.29 is 5.02 Å². The number of rotatable bonds is 3. The van der Waals surface area contributed by atoms with Gasteiger partial charge in [-0.2, -0.15) is 0 Å². The third-order valence-corrected chi connectivity index (χ3v) is 4.13. The summed E-state index contributed by atoms with van der Waals surface area (Å²) in [5.74, 6) is 0. The molecule has 2 rings (SSSR count). The molecule has 0 amide bonds. The van der Waals surface area contributed by atoms with Gasteiger partial charge in [-0.05, 0) is 25.2 Å². The molecule has 0 radical (unpaired) electrons. The van der Waals surface area contributed by atoms with E-state index in [2.05, 4.69) is 34.1 Å². The zero-order valence-corrected chi connectivity index (χ0v) is 10.8. The topological polar surface area (TPSA) is 26.7 Å². The van der Waals surface area contributed by atoms with E-state index in [-0.39, 0.29) is 7.05 Å². The first kappa shape index (κ1) is 12.1. The molecule has 0 spiro atoms. The molecule has 88 valence electrons. The Kier molecular flexibility index (Phi) is 4.02. The van der Waals surface area contributed by atoms with Crippen molar-refractivity contribution in [2.75, 3.05) is 19.6 Å². The molecule has 1 saturated heterocycles. The Hall–Kier alpha value is -0.355. The lowest BCUT2D eigenvalue weighted by atomic mass is 9.83. The van der Waals surface area contributed by atoms with Crippen LogP contribution in [0.1, 0.15) is 11.8 Å². The van der Waals surface area contributed by atoms with E-state index in [1.54, 1.807) is 0 Å². The second-order valence-corrected chi connectivity index (χ2v) is 5.56. The summed E-state index contributed by atoms with van der Waals surface area (Å²) in [6.45, 7) is 8.11. The zero-order valence-electron chi connectivity index (χ0n) is 9.97. The smallest absolute Gasteiger partial charge is 0.376 e.